The van der Waals surface area contributed by atoms with Crippen LogP contribution in [0, 0.1) is 11.3 Å². The van der Waals surface area contributed by atoms with Gasteiger partial charge in [0.25, 0.3) is 0 Å². The fraction of sp³-hybridized carbons (Fsp3) is 0.167. The Labute approximate surface area is 93.8 Å². The molecule has 0 bridgehead atoms. The number of fused-ring (bicyclic) bond motifs is 1. The molecule has 2 rings (SSSR count). The second-order valence-electron chi connectivity index (χ2n) is 3.56. The fourth-order valence-corrected chi connectivity index (χ4v) is 1.74. The lowest BCUT2D eigenvalue weighted by Gasteiger charge is -2.29. The molecule has 4 nitrogen and oxygen atoms in total. The lowest BCUT2D eigenvalue weighted by atomic mass is 10.1. The summed E-state index contributed by atoms with van der Waals surface area (Å²) in [5, 5.41) is 11.6. The van der Waals surface area contributed by atoms with E-state index in [1.807, 2.05) is 4.90 Å². The predicted molar refractivity (Wildman–Crippen MR) is 62.2 cm³/mol. The van der Waals surface area contributed by atoms with Gasteiger partial charge >= 0.3 is 0 Å². The first-order valence-electron chi connectivity index (χ1n) is 4.94. The van der Waals surface area contributed by atoms with Crippen molar-refractivity contribution in [1.29, 1.82) is 5.26 Å². The van der Waals surface area contributed by atoms with Crippen LogP contribution in [0.4, 0.5) is 11.4 Å². The van der Waals surface area contributed by atoms with Crippen LogP contribution < -0.4 is 10.2 Å². The van der Waals surface area contributed by atoms with Gasteiger partial charge in [0.1, 0.15) is 0 Å². The molecule has 1 aliphatic rings. The number of hydrogen-bond acceptors (Lipinski definition) is 3. The van der Waals surface area contributed by atoms with Gasteiger partial charge in [0.05, 0.1) is 29.6 Å². The molecule has 0 radical (unpaired) electrons. The maximum absolute atomic E-state index is 11.4. The number of rotatable bonds is 2. The van der Waals surface area contributed by atoms with Gasteiger partial charge in [0.15, 0.2) is 0 Å². The lowest BCUT2D eigenvalue weighted by molar-refractivity contribution is -0.115. The van der Waals surface area contributed by atoms with E-state index in [2.05, 4.69) is 18.0 Å². The first-order valence-corrected chi connectivity index (χ1v) is 4.94. The van der Waals surface area contributed by atoms with Gasteiger partial charge in [-0.3, -0.25) is 4.79 Å². The summed E-state index contributed by atoms with van der Waals surface area (Å²) in [6.07, 6.45) is 1.74. The molecule has 0 spiro atoms. The third-order valence-corrected chi connectivity index (χ3v) is 2.43. The average Bonchev–Trinajstić information content (AvgIpc) is 2.29. The van der Waals surface area contributed by atoms with Crippen LogP contribution in [-0.4, -0.2) is 19.0 Å². The van der Waals surface area contributed by atoms with Gasteiger partial charge < -0.3 is 10.2 Å². The second-order valence-corrected chi connectivity index (χ2v) is 3.56. The number of hydrogen-bond donors (Lipinski definition) is 1. The number of carbonyl (C=O) groups excluding carboxylic acids is 1. The van der Waals surface area contributed by atoms with Crippen LogP contribution in [0.1, 0.15) is 5.56 Å². The van der Waals surface area contributed by atoms with Crippen LogP contribution in [-0.2, 0) is 4.79 Å². The minimum Gasteiger partial charge on any atom is -0.357 e. The zero-order chi connectivity index (χ0) is 11.5. The predicted octanol–water partition coefficient (Wildman–Crippen LogP) is 1.50. The Kier molecular flexibility index (Phi) is 2.61. The molecule has 0 saturated carbocycles. The summed E-state index contributed by atoms with van der Waals surface area (Å²) in [6.45, 7) is 4.55. The van der Waals surface area contributed by atoms with Crippen LogP contribution in [0.25, 0.3) is 0 Å². The van der Waals surface area contributed by atoms with Crippen molar-refractivity contribution in [3.8, 4) is 6.07 Å². The topological polar surface area (TPSA) is 56.1 Å². The van der Waals surface area contributed by atoms with Gasteiger partial charge in [0, 0.05) is 6.54 Å². The van der Waals surface area contributed by atoms with Gasteiger partial charge in [-0.15, -0.1) is 6.58 Å². The summed E-state index contributed by atoms with van der Waals surface area (Å²) in [4.78, 5) is 13.3. The summed E-state index contributed by atoms with van der Waals surface area (Å²) in [5.74, 6) is -0.0425. The van der Waals surface area contributed by atoms with Crippen molar-refractivity contribution in [2.75, 3.05) is 23.3 Å². The number of nitrogens with zero attached hydrogens (tertiary/aromatic N) is 2. The Morgan fingerprint density at radius 1 is 1.62 bits per heavy atom. The van der Waals surface area contributed by atoms with Gasteiger partial charge in [-0.1, -0.05) is 6.08 Å². The molecule has 0 saturated heterocycles. The molecule has 4 heteroatoms. The highest BCUT2D eigenvalue weighted by molar-refractivity contribution is 6.01. The third kappa shape index (κ3) is 1.75. The zero-order valence-electron chi connectivity index (χ0n) is 8.73. The molecular formula is C12H11N3O. The first-order chi connectivity index (χ1) is 7.74. The van der Waals surface area contributed by atoms with Crippen molar-refractivity contribution < 1.29 is 4.79 Å². The Morgan fingerprint density at radius 2 is 2.44 bits per heavy atom. The molecule has 1 aliphatic heterocycles. The maximum Gasteiger partial charge on any atom is 0.243 e. The van der Waals surface area contributed by atoms with Crippen molar-refractivity contribution in [2.24, 2.45) is 0 Å². The van der Waals surface area contributed by atoms with Crippen LogP contribution >= 0.6 is 0 Å². The number of benzene rings is 1. The smallest absolute Gasteiger partial charge is 0.243 e. The second kappa shape index (κ2) is 4.07. The third-order valence-electron chi connectivity index (χ3n) is 2.43. The van der Waals surface area contributed by atoms with Crippen LogP contribution in [0.5, 0.6) is 0 Å². The molecule has 80 valence electrons. The van der Waals surface area contributed by atoms with Crippen molar-refractivity contribution in [3.63, 3.8) is 0 Å². The van der Waals surface area contributed by atoms with Crippen LogP contribution in [0.15, 0.2) is 30.9 Å². The monoisotopic (exact) mass is 213 g/mol. The van der Waals surface area contributed by atoms with E-state index in [0.29, 0.717) is 18.7 Å². The summed E-state index contributed by atoms with van der Waals surface area (Å²) < 4.78 is 0. The fourth-order valence-electron chi connectivity index (χ4n) is 1.74. The molecular weight excluding hydrogens is 202 g/mol. The molecule has 1 N–H and O–H groups in total. The Hall–Kier alpha value is -2.28. The van der Waals surface area contributed by atoms with E-state index >= 15 is 0 Å². The normalized spacial score (nSPS) is 13.7. The van der Waals surface area contributed by atoms with Gasteiger partial charge in [-0.25, -0.2) is 0 Å². The van der Waals surface area contributed by atoms with E-state index in [-0.39, 0.29) is 5.91 Å². The minimum absolute atomic E-state index is 0.0425. The number of nitrogens with one attached hydrogen (secondary N) is 1. The molecule has 0 atom stereocenters. The Balaban J connectivity index is 2.45. The molecule has 0 aromatic heterocycles. The van der Waals surface area contributed by atoms with E-state index in [1.165, 1.54) is 0 Å². The van der Waals surface area contributed by atoms with E-state index < -0.39 is 0 Å². The highest BCUT2D eigenvalue weighted by Crippen LogP contribution is 2.30. The SMILES string of the molecule is C=CCN1CC(=O)Nc2ccc(C#N)cc21. The lowest BCUT2D eigenvalue weighted by Crippen LogP contribution is -2.38. The van der Waals surface area contributed by atoms with Crippen molar-refractivity contribution in [3.05, 3.63) is 36.4 Å². The van der Waals surface area contributed by atoms with Crippen molar-refractivity contribution in [1.82, 2.24) is 0 Å². The summed E-state index contributed by atoms with van der Waals surface area (Å²) in [5.41, 5.74) is 2.21. The zero-order valence-corrected chi connectivity index (χ0v) is 8.73. The van der Waals surface area contributed by atoms with E-state index in [0.717, 1.165) is 11.4 Å². The summed E-state index contributed by atoms with van der Waals surface area (Å²) >= 11 is 0. The minimum atomic E-state index is -0.0425. The molecule has 0 unspecified atom stereocenters. The molecule has 0 aliphatic carbocycles. The van der Waals surface area contributed by atoms with Crippen molar-refractivity contribution in [2.45, 2.75) is 0 Å². The number of anilines is 2. The highest BCUT2D eigenvalue weighted by atomic mass is 16.2. The standard InChI is InChI=1S/C12H11N3O/c1-2-5-15-8-12(16)14-10-4-3-9(7-13)6-11(10)15/h2-4,6H,1,5,8H2,(H,14,16). The number of amides is 1. The van der Waals surface area contributed by atoms with E-state index in [9.17, 15) is 4.79 Å². The maximum atomic E-state index is 11.4. The quantitative estimate of drug-likeness (QED) is 0.757. The Bertz CT molecular complexity index is 488. The van der Waals surface area contributed by atoms with Crippen LogP contribution in [0.2, 0.25) is 0 Å². The number of carbonyl (C=O) groups is 1. The first kappa shape index (κ1) is 10.2. The summed E-state index contributed by atoms with van der Waals surface area (Å²) in [7, 11) is 0. The van der Waals surface area contributed by atoms with Gasteiger partial charge in [0.2, 0.25) is 5.91 Å². The molecule has 0 fully saturated rings. The molecule has 1 amide bonds. The van der Waals surface area contributed by atoms with Crippen molar-refractivity contribution >= 4 is 17.3 Å². The molecule has 1 heterocycles. The highest BCUT2D eigenvalue weighted by Gasteiger charge is 2.20. The van der Waals surface area contributed by atoms with E-state index in [1.54, 1.807) is 24.3 Å². The van der Waals surface area contributed by atoms with Crippen LogP contribution in [0.3, 0.4) is 0 Å². The van der Waals surface area contributed by atoms with Gasteiger partial charge in [-0.2, -0.15) is 5.26 Å². The molecule has 1 aromatic rings. The largest absolute Gasteiger partial charge is 0.357 e. The molecule has 16 heavy (non-hydrogen) atoms. The van der Waals surface area contributed by atoms with E-state index in [4.69, 9.17) is 5.26 Å². The van der Waals surface area contributed by atoms with Gasteiger partial charge in [-0.05, 0) is 18.2 Å². The molecule has 1 aromatic carbocycles. The summed E-state index contributed by atoms with van der Waals surface area (Å²) in [6, 6.07) is 7.30. The Morgan fingerprint density at radius 3 is 3.12 bits per heavy atom. The average molecular weight is 213 g/mol. The number of nitriles is 1.